The van der Waals surface area contributed by atoms with Crippen molar-refractivity contribution in [1.82, 2.24) is 24.3 Å². The van der Waals surface area contributed by atoms with Crippen LogP contribution in [0.4, 0.5) is 4.39 Å². The zero-order chi connectivity index (χ0) is 26.4. The van der Waals surface area contributed by atoms with Crippen LogP contribution in [0.2, 0.25) is 0 Å². The Hall–Kier alpha value is -3.92. The number of hydrogen-bond donors (Lipinski definition) is 0. The number of amides is 1. The van der Waals surface area contributed by atoms with Crippen LogP contribution in [0.1, 0.15) is 58.4 Å². The highest BCUT2D eigenvalue weighted by molar-refractivity contribution is 7.12. The third kappa shape index (κ3) is 4.38. The minimum Gasteiger partial charge on any atom is -0.271 e. The Kier molecular flexibility index (Phi) is 6.27. The Balaban J connectivity index is 1.42. The predicted octanol–water partition coefficient (Wildman–Crippen LogP) is 4.50. The lowest BCUT2D eigenvalue weighted by atomic mass is 9.97. The third-order valence-corrected chi connectivity index (χ3v) is 8.06. The van der Waals surface area contributed by atoms with E-state index in [1.165, 1.54) is 21.7 Å². The fourth-order valence-electron chi connectivity index (χ4n) is 5.30. The number of carbonyl (C=O) groups is 1. The van der Waals surface area contributed by atoms with Gasteiger partial charge in [0, 0.05) is 17.7 Å². The molecule has 3 aromatic heterocycles. The van der Waals surface area contributed by atoms with Gasteiger partial charge in [-0.2, -0.15) is 10.2 Å². The molecule has 4 heterocycles. The third-order valence-electron chi connectivity index (χ3n) is 7.14. The first kappa shape index (κ1) is 24.4. The topological polar surface area (TPSA) is 85.4 Å². The molecule has 0 spiro atoms. The smallest absolute Gasteiger partial charge is 0.263 e. The van der Waals surface area contributed by atoms with Crippen LogP contribution in [0, 0.1) is 19.7 Å². The summed E-state index contributed by atoms with van der Waals surface area (Å²) in [6.45, 7) is 3.56. The SMILES string of the molecule is Cc1cc(C)n(-c2nc3c(c(=O)n2CC(=O)N2N=C(c4cccs4)CC2c2ccc(F)cc2)CCCC3)n1. The van der Waals surface area contributed by atoms with E-state index in [1.54, 1.807) is 28.2 Å². The van der Waals surface area contributed by atoms with E-state index < -0.39 is 6.04 Å². The second-order valence-electron chi connectivity index (χ2n) is 9.81. The first-order valence-electron chi connectivity index (χ1n) is 12.7. The fraction of sp³-hybridized carbons (Fsp3) is 0.321. The van der Waals surface area contributed by atoms with E-state index in [2.05, 4.69) is 5.10 Å². The average Bonchev–Trinajstić information content (AvgIpc) is 3.66. The monoisotopic (exact) mass is 530 g/mol. The van der Waals surface area contributed by atoms with Crippen LogP contribution >= 0.6 is 11.3 Å². The minimum absolute atomic E-state index is 0.203. The van der Waals surface area contributed by atoms with Crippen LogP contribution in [-0.4, -0.2) is 36.0 Å². The van der Waals surface area contributed by atoms with E-state index in [9.17, 15) is 14.0 Å². The van der Waals surface area contributed by atoms with Crippen molar-refractivity contribution in [2.75, 3.05) is 0 Å². The molecule has 1 atom stereocenters. The number of hydrogen-bond acceptors (Lipinski definition) is 6. The molecule has 194 valence electrons. The molecule has 0 bridgehead atoms. The summed E-state index contributed by atoms with van der Waals surface area (Å²) < 4.78 is 16.8. The normalized spacial score (nSPS) is 17.0. The molecule has 1 aromatic carbocycles. The molecule has 6 rings (SSSR count). The summed E-state index contributed by atoms with van der Waals surface area (Å²) in [7, 11) is 0. The van der Waals surface area contributed by atoms with Gasteiger partial charge in [0.25, 0.3) is 11.5 Å². The Morgan fingerprint density at radius 2 is 1.92 bits per heavy atom. The van der Waals surface area contributed by atoms with Crippen molar-refractivity contribution in [3.05, 3.63) is 97.1 Å². The first-order valence-corrected chi connectivity index (χ1v) is 13.6. The molecular formula is C28H27FN6O2S. The molecule has 1 aliphatic carbocycles. The number of benzene rings is 1. The van der Waals surface area contributed by atoms with Crippen molar-refractivity contribution in [2.45, 2.75) is 58.5 Å². The summed E-state index contributed by atoms with van der Waals surface area (Å²) in [6.07, 6.45) is 3.78. The van der Waals surface area contributed by atoms with Gasteiger partial charge in [0.1, 0.15) is 12.4 Å². The van der Waals surface area contributed by atoms with Crippen molar-refractivity contribution in [1.29, 1.82) is 0 Å². The van der Waals surface area contributed by atoms with Crippen molar-refractivity contribution in [2.24, 2.45) is 5.10 Å². The maximum absolute atomic E-state index is 13.9. The summed E-state index contributed by atoms with van der Waals surface area (Å²) in [6, 6.07) is 11.6. The van der Waals surface area contributed by atoms with Gasteiger partial charge >= 0.3 is 0 Å². The molecule has 38 heavy (non-hydrogen) atoms. The summed E-state index contributed by atoms with van der Waals surface area (Å²) in [5.41, 5.74) is 4.46. The van der Waals surface area contributed by atoms with Crippen molar-refractivity contribution in [3.8, 4) is 5.95 Å². The van der Waals surface area contributed by atoms with Crippen molar-refractivity contribution in [3.63, 3.8) is 0 Å². The van der Waals surface area contributed by atoms with E-state index in [1.807, 2.05) is 37.4 Å². The van der Waals surface area contributed by atoms with E-state index in [4.69, 9.17) is 10.1 Å². The maximum Gasteiger partial charge on any atom is 0.263 e. The number of halogens is 1. The van der Waals surface area contributed by atoms with E-state index >= 15 is 0 Å². The van der Waals surface area contributed by atoms with Gasteiger partial charge < -0.3 is 0 Å². The molecule has 8 nitrogen and oxygen atoms in total. The van der Waals surface area contributed by atoms with E-state index in [0.717, 1.165) is 52.5 Å². The number of carbonyl (C=O) groups excluding carboxylic acids is 1. The number of thiophene rings is 1. The first-order chi connectivity index (χ1) is 18.4. The lowest BCUT2D eigenvalue weighted by Gasteiger charge is -2.24. The van der Waals surface area contributed by atoms with Crippen LogP contribution in [0.25, 0.3) is 5.95 Å². The van der Waals surface area contributed by atoms with Crippen LogP contribution < -0.4 is 5.56 Å². The quantitative estimate of drug-likeness (QED) is 0.380. The molecule has 0 radical (unpaired) electrons. The predicted molar refractivity (Wildman–Crippen MR) is 143 cm³/mol. The number of rotatable bonds is 5. The molecule has 0 saturated carbocycles. The minimum atomic E-state index is -0.404. The second kappa shape index (κ2) is 9.75. The molecule has 0 fully saturated rings. The standard InChI is InChI=1S/C28H27FN6O2S/c1-17-14-18(2)34(31-17)28-30-22-7-4-3-6-21(22)27(37)33(28)16-26(36)35-24(19-9-11-20(29)12-10-19)15-23(32-35)25-8-5-13-38-25/h5,8-14,24H,3-4,6-7,15-16H2,1-2H3. The average molecular weight is 531 g/mol. The highest BCUT2D eigenvalue weighted by Crippen LogP contribution is 2.34. The Morgan fingerprint density at radius 3 is 2.63 bits per heavy atom. The van der Waals surface area contributed by atoms with Gasteiger partial charge in [-0.15, -0.1) is 11.3 Å². The van der Waals surface area contributed by atoms with E-state index in [-0.39, 0.29) is 23.8 Å². The molecule has 0 N–H and O–H groups in total. The van der Waals surface area contributed by atoms with Gasteiger partial charge in [-0.3, -0.25) is 14.2 Å². The number of nitrogens with zero attached hydrogens (tertiary/aromatic N) is 6. The van der Waals surface area contributed by atoms with Crippen LogP contribution in [0.15, 0.2) is 57.7 Å². The van der Waals surface area contributed by atoms with Gasteiger partial charge in [-0.05, 0) is 74.7 Å². The molecule has 0 saturated heterocycles. The zero-order valence-electron chi connectivity index (χ0n) is 21.2. The van der Waals surface area contributed by atoms with E-state index in [0.29, 0.717) is 24.4 Å². The van der Waals surface area contributed by atoms with Gasteiger partial charge in [0.15, 0.2) is 0 Å². The number of aryl methyl sites for hydroxylation is 3. The van der Waals surface area contributed by atoms with Gasteiger partial charge in [0.2, 0.25) is 5.95 Å². The van der Waals surface area contributed by atoms with Crippen LogP contribution in [-0.2, 0) is 24.2 Å². The molecule has 4 aromatic rings. The molecular weight excluding hydrogens is 503 g/mol. The Labute approximate surface area is 223 Å². The Morgan fingerprint density at radius 1 is 1.13 bits per heavy atom. The molecule has 1 aliphatic heterocycles. The molecule has 1 unspecified atom stereocenters. The maximum atomic E-state index is 13.9. The largest absolute Gasteiger partial charge is 0.271 e. The van der Waals surface area contributed by atoms with Gasteiger partial charge in [-0.25, -0.2) is 19.1 Å². The molecule has 1 amide bonds. The summed E-state index contributed by atoms with van der Waals surface area (Å²) >= 11 is 1.55. The second-order valence-corrected chi connectivity index (χ2v) is 10.8. The zero-order valence-corrected chi connectivity index (χ0v) is 22.0. The molecule has 10 heteroatoms. The fourth-order valence-corrected chi connectivity index (χ4v) is 6.02. The number of hydrazone groups is 1. The van der Waals surface area contributed by atoms with Crippen molar-refractivity contribution >= 4 is 23.0 Å². The highest BCUT2D eigenvalue weighted by Gasteiger charge is 2.34. The number of fused-ring (bicyclic) bond motifs is 1. The van der Waals surface area contributed by atoms with Gasteiger partial charge in [-0.1, -0.05) is 18.2 Å². The van der Waals surface area contributed by atoms with Crippen molar-refractivity contribution < 1.29 is 9.18 Å². The van der Waals surface area contributed by atoms with Gasteiger partial charge in [0.05, 0.1) is 28.0 Å². The van der Waals surface area contributed by atoms with Crippen LogP contribution in [0.5, 0.6) is 0 Å². The number of aromatic nitrogens is 4. The summed E-state index contributed by atoms with van der Waals surface area (Å²) in [5, 5.41) is 12.7. The highest BCUT2D eigenvalue weighted by atomic mass is 32.1. The Bertz CT molecular complexity index is 1600. The summed E-state index contributed by atoms with van der Waals surface area (Å²) in [5.74, 6) is -0.340. The lowest BCUT2D eigenvalue weighted by molar-refractivity contribution is -0.133. The summed E-state index contributed by atoms with van der Waals surface area (Å²) in [4.78, 5) is 33.5. The molecule has 2 aliphatic rings. The lowest BCUT2D eigenvalue weighted by Crippen LogP contribution is -2.38. The van der Waals surface area contributed by atoms with Crippen LogP contribution in [0.3, 0.4) is 0 Å².